The van der Waals surface area contributed by atoms with Crippen LogP contribution in [0.5, 0.6) is 5.88 Å². The van der Waals surface area contributed by atoms with Crippen molar-refractivity contribution in [1.82, 2.24) is 9.97 Å². The fraction of sp³-hybridized carbons (Fsp3) is 0.588. The first-order valence-electron chi connectivity index (χ1n) is 8.78. The largest absolute Gasteiger partial charge is 0.473 e. The molecule has 27 heavy (non-hydrogen) atoms. The van der Waals surface area contributed by atoms with Crippen molar-refractivity contribution in [2.75, 3.05) is 17.4 Å². The van der Waals surface area contributed by atoms with Gasteiger partial charge in [-0.2, -0.15) is 15.1 Å². The minimum Gasteiger partial charge on any atom is -0.473 e. The van der Waals surface area contributed by atoms with Crippen LogP contribution >= 0.6 is 0 Å². The van der Waals surface area contributed by atoms with Crippen LogP contribution in [0.4, 0.5) is 20.5 Å². The molecule has 0 spiro atoms. The summed E-state index contributed by atoms with van der Waals surface area (Å²) in [4.78, 5) is 30.2. The van der Waals surface area contributed by atoms with Crippen molar-refractivity contribution >= 4 is 30.1 Å². The SMILES string of the molecule is CN(/N=C/C=O)c1nc(NC2CCC(F)(F)CC2)cc(OC2CC(=O)C2)n1. The molecule has 2 aliphatic carbocycles. The number of nitrogens with one attached hydrogen (secondary N) is 1. The van der Waals surface area contributed by atoms with Crippen LogP contribution in [-0.2, 0) is 9.59 Å². The van der Waals surface area contributed by atoms with Crippen LogP contribution < -0.4 is 15.1 Å². The number of aldehydes is 1. The molecule has 8 nitrogen and oxygen atoms in total. The number of ether oxygens (including phenoxy) is 1. The van der Waals surface area contributed by atoms with Gasteiger partial charge in [-0.15, -0.1) is 0 Å². The summed E-state index contributed by atoms with van der Waals surface area (Å²) in [6.07, 6.45) is 2.34. The lowest BCUT2D eigenvalue weighted by Gasteiger charge is -2.29. The van der Waals surface area contributed by atoms with Gasteiger partial charge in [0.05, 0.1) is 6.21 Å². The summed E-state index contributed by atoms with van der Waals surface area (Å²) < 4.78 is 32.4. The highest BCUT2D eigenvalue weighted by Gasteiger charge is 2.35. The number of halogens is 2. The summed E-state index contributed by atoms with van der Waals surface area (Å²) in [6.45, 7) is 0. The Kier molecular flexibility index (Phi) is 5.62. The number of nitrogens with zero attached hydrogens (tertiary/aromatic N) is 4. The normalized spacial score (nSPS) is 20.3. The number of rotatable bonds is 7. The van der Waals surface area contributed by atoms with Gasteiger partial charge in [0.1, 0.15) is 17.7 Å². The summed E-state index contributed by atoms with van der Waals surface area (Å²) in [5.41, 5.74) is 0. The Labute approximate surface area is 155 Å². The van der Waals surface area contributed by atoms with Gasteiger partial charge in [-0.1, -0.05) is 0 Å². The zero-order chi connectivity index (χ0) is 19.4. The Morgan fingerprint density at radius 3 is 2.67 bits per heavy atom. The van der Waals surface area contributed by atoms with Crippen molar-refractivity contribution < 1.29 is 23.1 Å². The third-order valence-corrected chi connectivity index (χ3v) is 4.55. The third-order valence-electron chi connectivity index (χ3n) is 4.55. The van der Waals surface area contributed by atoms with Crippen molar-refractivity contribution in [3.63, 3.8) is 0 Å². The van der Waals surface area contributed by atoms with Crippen LogP contribution in [0.1, 0.15) is 38.5 Å². The third kappa shape index (κ3) is 5.18. The monoisotopic (exact) mass is 381 g/mol. The van der Waals surface area contributed by atoms with E-state index in [1.165, 1.54) is 5.01 Å². The van der Waals surface area contributed by atoms with E-state index in [2.05, 4.69) is 20.4 Å². The van der Waals surface area contributed by atoms with E-state index < -0.39 is 5.92 Å². The van der Waals surface area contributed by atoms with Crippen molar-refractivity contribution in [2.24, 2.45) is 5.10 Å². The Morgan fingerprint density at radius 2 is 2.04 bits per heavy atom. The average molecular weight is 381 g/mol. The standard InChI is InChI=1S/C17H21F2N5O3/c1-24(20-6-7-25)16-22-14(21-11-2-4-17(18,19)5-3-11)10-15(23-16)27-13-8-12(26)9-13/h6-7,10-11,13H,2-5,8-9H2,1H3,(H,21,22,23)/b20-6+. The summed E-state index contributed by atoms with van der Waals surface area (Å²) >= 11 is 0. The number of hydrogen-bond donors (Lipinski definition) is 1. The lowest BCUT2D eigenvalue weighted by Crippen LogP contribution is -2.34. The van der Waals surface area contributed by atoms with Crippen LogP contribution in [0.15, 0.2) is 11.2 Å². The summed E-state index contributed by atoms with van der Waals surface area (Å²) in [6, 6.07) is 1.45. The fourth-order valence-electron chi connectivity index (χ4n) is 2.97. The summed E-state index contributed by atoms with van der Waals surface area (Å²) in [5, 5.41) is 8.31. The van der Waals surface area contributed by atoms with E-state index in [4.69, 9.17) is 4.74 Å². The van der Waals surface area contributed by atoms with Crippen LogP contribution in [0.3, 0.4) is 0 Å². The average Bonchev–Trinajstić information content (AvgIpc) is 2.60. The molecule has 2 fully saturated rings. The molecule has 0 bridgehead atoms. The second-order valence-corrected chi connectivity index (χ2v) is 6.78. The lowest BCUT2D eigenvalue weighted by atomic mass is 9.92. The van der Waals surface area contributed by atoms with E-state index in [1.54, 1.807) is 13.1 Å². The van der Waals surface area contributed by atoms with Crippen molar-refractivity contribution in [3.05, 3.63) is 6.07 Å². The maximum absolute atomic E-state index is 13.3. The molecule has 1 N–H and O–H groups in total. The second kappa shape index (κ2) is 7.93. The molecule has 0 radical (unpaired) electrons. The van der Waals surface area contributed by atoms with Crippen LogP contribution in [0.2, 0.25) is 0 Å². The first-order valence-corrected chi connectivity index (χ1v) is 8.78. The maximum atomic E-state index is 13.3. The van der Waals surface area contributed by atoms with Crippen molar-refractivity contribution in [2.45, 2.75) is 56.6 Å². The van der Waals surface area contributed by atoms with E-state index >= 15 is 0 Å². The van der Waals surface area contributed by atoms with Gasteiger partial charge in [-0.3, -0.25) is 9.59 Å². The molecule has 1 heterocycles. The number of hydrogen-bond acceptors (Lipinski definition) is 8. The molecular weight excluding hydrogens is 360 g/mol. The first kappa shape index (κ1) is 19.1. The number of aromatic nitrogens is 2. The molecule has 0 unspecified atom stereocenters. The van der Waals surface area contributed by atoms with Gasteiger partial charge in [0.15, 0.2) is 6.29 Å². The Hall–Kier alpha value is -2.65. The molecule has 0 atom stereocenters. The number of carbonyl (C=O) groups is 2. The quantitative estimate of drug-likeness (QED) is 0.439. The molecule has 0 aliphatic heterocycles. The molecular formula is C17H21F2N5O3. The Morgan fingerprint density at radius 1 is 1.33 bits per heavy atom. The maximum Gasteiger partial charge on any atom is 0.251 e. The molecule has 146 valence electrons. The Balaban J connectivity index is 1.75. The number of anilines is 2. The number of Topliss-reactive ketones (excluding diaryl/α,β-unsaturated/α-hetero) is 1. The molecule has 0 amide bonds. The fourth-order valence-corrected chi connectivity index (χ4v) is 2.97. The molecule has 2 aliphatic rings. The van der Waals surface area contributed by atoms with E-state index in [9.17, 15) is 18.4 Å². The highest BCUT2D eigenvalue weighted by Crippen LogP contribution is 2.34. The zero-order valence-electron chi connectivity index (χ0n) is 14.9. The number of ketones is 1. The lowest BCUT2D eigenvalue weighted by molar-refractivity contribution is -0.129. The number of hydrazone groups is 1. The zero-order valence-corrected chi connectivity index (χ0v) is 14.9. The van der Waals surface area contributed by atoms with Crippen LogP contribution in [0, 0.1) is 0 Å². The van der Waals surface area contributed by atoms with Gasteiger partial charge in [0.25, 0.3) is 5.95 Å². The molecule has 1 aromatic rings. The molecule has 1 aromatic heterocycles. The van der Waals surface area contributed by atoms with E-state index in [1.807, 2.05) is 0 Å². The predicted octanol–water partition coefficient (Wildman–Crippen LogP) is 2.20. The van der Waals surface area contributed by atoms with Gasteiger partial charge >= 0.3 is 0 Å². The second-order valence-electron chi connectivity index (χ2n) is 6.78. The van der Waals surface area contributed by atoms with E-state index in [-0.39, 0.29) is 42.6 Å². The molecule has 3 rings (SSSR count). The molecule has 0 aromatic carbocycles. The number of carbonyl (C=O) groups excluding carboxylic acids is 2. The topological polar surface area (TPSA) is 96.8 Å². The molecule has 2 saturated carbocycles. The highest BCUT2D eigenvalue weighted by atomic mass is 19.3. The summed E-state index contributed by atoms with van der Waals surface area (Å²) in [5.74, 6) is -1.62. The predicted molar refractivity (Wildman–Crippen MR) is 94.5 cm³/mol. The van der Waals surface area contributed by atoms with E-state index in [0.29, 0.717) is 37.8 Å². The van der Waals surface area contributed by atoms with Gasteiger partial charge in [-0.25, -0.2) is 13.8 Å². The van der Waals surface area contributed by atoms with E-state index in [0.717, 1.165) is 6.21 Å². The summed E-state index contributed by atoms with van der Waals surface area (Å²) in [7, 11) is 1.57. The first-order chi connectivity index (χ1) is 12.8. The van der Waals surface area contributed by atoms with Crippen molar-refractivity contribution in [3.8, 4) is 5.88 Å². The van der Waals surface area contributed by atoms with Gasteiger partial charge in [0.2, 0.25) is 11.8 Å². The minimum absolute atomic E-state index is 0.128. The van der Waals surface area contributed by atoms with Gasteiger partial charge < -0.3 is 10.1 Å². The highest BCUT2D eigenvalue weighted by molar-refractivity contribution is 6.13. The van der Waals surface area contributed by atoms with Crippen LogP contribution in [-0.4, -0.2) is 53.4 Å². The van der Waals surface area contributed by atoms with Crippen molar-refractivity contribution in [1.29, 1.82) is 0 Å². The number of alkyl halides is 2. The molecule has 10 heteroatoms. The smallest absolute Gasteiger partial charge is 0.251 e. The van der Waals surface area contributed by atoms with Gasteiger partial charge in [0, 0.05) is 44.8 Å². The van der Waals surface area contributed by atoms with Gasteiger partial charge in [-0.05, 0) is 12.8 Å². The minimum atomic E-state index is -2.61. The Bertz CT molecular complexity index is 725. The van der Waals surface area contributed by atoms with Crippen LogP contribution in [0.25, 0.3) is 0 Å². The molecule has 0 saturated heterocycles.